The number of aryl methyl sites for hydroxylation is 1. The molecular weight excluding hydrogens is 322 g/mol. The predicted octanol–water partition coefficient (Wildman–Crippen LogP) is 1.45. The van der Waals surface area contributed by atoms with Crippen LogP contribution in [0, 0.1) is 6.92 Å². The second-order valence-electron chi connectivity index (χ2n) is 5.88. The van der Waals surface area contributed by atoms with Gasteiger partial charge in [-0.1, -0.05) is 29.8 Å². The Labute approximate surface area is 148 Å². The summed E-state index contributed by atoms with van der Waals surface area (Å²) in [5, 5.41) is 8.54. The summed E-state index contributed by atoms with van der Waals surface area (Å²) in [7, 11) is 3.02. The molecule has 2 rings (SSSR count). The van der Waals surface area contributed by atoms with Crippen molar-refractivity contribution in [2.75, 3.05) is 27.3 Å². The number of methoxy groups -OCH3 is 2. The number of nitrogens with zero attached hydrogens (tertiary/aromatic N) is 2. The largest absolute Gasteiger partial charge is 0.354 e. The van der Waals surface area contributed by atoms with E-state index in [0.717, 1.165) is 11.3 Å². The lowest BCUT2D eigenvalue weighted by molar-refractivity contribution is -0.133. The highest BCUT2D eigenvalue weighted by Gasteiger charge is 2.22. The Hall–Kier alpha value is -2.25. The van der Waals surface area contributed by atoms with Crippen LogP contribution in [0.1, 0.15) is 30.4 Å². The maximum atomic E-state index is 12.0. The van der Waals surface area contributed by atoms with E-state index in [4.69, 9.17) is 9.47 Å². The summed E-state index contributed by atoms with van der Waals surface area (Å²) in [6.07, 6.45) is 0.723. The first kappa shape index (κ1) is 19.1. The number of hydrogen-bond donors (Lipinski definition) is 1. The molecular formula is C18H25N3O4. The van der Waals surface area contributed by atoms with Crippen molar-refractivity contribution in [2.45, 2.75) is 32.5 Å². The molecule has 1 N–H and O–H groups in total. The maximum Gasteiger partial charge on any atom is 0.243 e. The molecule has 1 heterocycles. The van der Waals surface area contributed by atoms with Crippen molar-refractivity contribution >= 4 is 17.5 Å². The van der Waals surface area contributed by atoms with Gasteiger partial charge in [-0.3, -0.25) is 9.59 Å². The Kier molecular flexibility index (Phi) is 7.09. The Balaban J connectivity index is 1.91. The van der Waals surface area contributed by atoms with Crippen molar-refractivity contribution < 1.29 is 19.1 Å². The molecule has 0 bridgehead atoms. The van der Waals surface area contributed by atoms with Crippen LogP contribution in [0.2, 0.25) is 0 Å². The quantitative estimate of drug-likeness (QED) is 0.722. The molecule has 0 spiro atoms. The average Bonchev–Trinajstić information content (AvgIpc) is 2.62. The van der Waals surface area contributed by atoms with Gasteiger partial charge in [0.05, 0.1) is 18.8 Å². The number of hydrazone groups is 1. The lowest BCUT2D eigenvalue weighted by Crippen LogP contribution is -2.38. The topological polar surface area (TPSA) is 80.2 Å². The highest BCUT2D eigenvalue weighted by Crippen LogP contribution is 2.16. The first-order chi connectivity index (χ1) is 12.0. The van der Waals surface area contributed by atoms with Crippen LogP contribution in [0.15, 0.2) is 29.4 Å². The number of benzene rings is 1. The average molecular weight is 347 g/mol. The zero-order valence-corrected chi connectivity index (χ0v) is 14.9. The third-order valence-electron chi connectivity index (χ3n) is 4.03. The number of nitrogens with one attached hydrogen (secondary N) is 1. The van der Waals surface area contributed by atoms with Gasteiger partial charge in [-0.05, 0) is 12.5 Å². The van der Waals surface area contributed by atoms with Crippen molar-refractivity contribution in [1.29, 1.82) is 0 Å². The van der Waals surface area contributed by atoms with E-state index in [0.29, 0.717) is 12.8 Å². The fourth-order valence-corrected chi connectivity index (χ4v) is 2.48. The van der Waals surface area contributed by atoms with Crippen LogP contribution >= 0.6 is 0 Å². The summed E-state index contributed by atoms with van der Waals surface area (Å²) in [6.45, 7) is 2.54. The van der Waals surface area contributed by atoms with E-state index in [1.54, 1.807) is 0 Å². The molecule has 1 aromatic carbocycles. The van der Waals surface area contributed by atoms with Crippen LogP contribution in [0.25, 0.3) is 0 Å². The Morgan fingerprint density at radius 3 is 2.56 bits per heavy atom. The zero-order chi connectivity index (χ0) is 18.2. The molecule has 0 radical (unpaired) electrons. The zero-order valence-electron chi connectivity index (χ0n) is 14.9. The third kappa shape index (κ3) is 5.65. The van der Waals surface area contributed by atoms with Crippen molar-refractivity contribution in [1.82, 2.24) is 10.3 Å². The van der Waals surface area contributed by atoms with Crippen LogP contribution in [0.5, 0.6) is 0 Å². The van der Waals surface area contributed by atoms with Crippen molar-refractivity contribution in [2.24, 2.45) is 5.10 Å². The smallest absolute Gasteiger partial charge is 0.243 e. The van der Waals surface area contributed by atoms with E-state index in [9.17, 15) is 9.59 Å². The molecule has 2 amide bonds. The van der Waals surface area contributed by atoms with Gasteiger partial charge in [0, 0.05) is 33.5 Å². The molecule has 1 aliphatic rings. The van der Waals surface area contributed by atoms with E-state index >= 15 is 0 Å². The van der Waals surface area contributed by atoms with E-state index in [2.05, 4.69) is 10.4 Å². The van der Waals surface area contributed by atoms with Crippen LogP contribution in [-0.4, -0.2) is 56.1 Å². The number of carbonyl (C=O) groups is 2. The molecule has 0 aliphatic carbocycles. The van der Waals surface area contributed by atoms with Crippen LogP contribution in [0.4, 0.5) is 0 Å². The van der Waals surface area contributed by atoms with Crippen LogP contribution < -0.4 is 5.32 Å². The molecule has 1 aliphatic heterocycles. The minimum Gasteiger partial charge on any atom is -0.354 e. The second kappa shape index (κ2) is 9.29. The summed E-state index contributed by atoms with van der Waals surface area (Å²) in [5.41, 5.74) is 3.06. The minimum absolute atomic E-state index is 0.0599. The number of rotatable bonds is 8. The standard InChI is InChI=1S/C18H25N3O4/c1-13-4-6-14(7-5-13)15-8-9-17(23)21(20-15)11-10-16(22)19-12-18(24-2)25-3/h4-7,18H,8-12H2,1-3H3,(H,19,22). The maximum absolute atomic E-state index is 12.0. The van der Waals surface area contributed by atoms with Gasteiger partial charge in [0.15, 0.2) is 6.29 Å². The monoisotopic (exact) mass is 347 g/mol. The predicted molar refractivity (Wildman–Crippen MR) is 94.1 cm³/mol. The van der Waals surface area contributed by atoms with Crippen molar-refractivity contribution in [3.8, 4) is 0 Å². The number of hydrogen-bond acceptors (Lipinski definition) is 5. The SMILES string of the molecule is COC(CNC(=O)CCN1N=C(c2ccc(C)cc2)CCC1=O)OC. The number of carbonyl (C=O) groups excluding carboxylic acids is 2. The lowest BCUT2D eigenvalue weighted by Gasteiger charge is -2.23. The Bertz CT molecular complexity index is 624. The van der Waals surface area contributed by atoms with Crippen LogP contribution in [-0.2, 0) is 19.1 Å². The first-order valence-corrected chi connectivity index (χ1v) is 8.30. The summed E-state index contributed by atoms with van der Waals surface area (Å²) in [4.78, 5) is 24.0. The molecule has 0 atom stereocenters. The molecule has 7 heteroatoms. The molecule has 1 aromatic rings. The summed E-state index contributed by atoms with van der Waals surface area (Å²) < 4.78 is 10.0. The highest BCUT2D eigenvalue weighted by molar-refractivity contribution is 6.04. The highest BCUT2D eigenvalue weighted by atomic mass is 16.7. The minimum atomic E-state index is -0.480. The lowest BCUT2D eigenvalue weighted by atomic mass is 10.0. The molecule has 0 saturated carbocycles. The van der Waals surface area contributed by atoms with Crippen molar-refractivity contribution in [3.05, 3.63) is 35.4 Å². The van der Waals surface area contributed by atoms with Gasteiger partial charge in [-0.2, -0.15) is 5.10 Å². The van der Waals surface area contributed by atoms with E-state index in [-0.39, 0.29) is 31.3 Å². The molecule has 0 aromatic heterocycles. The first-order valence-electron chi connectivity index (χ1n) is 8.30. The van der Waals surface area contributed by atoms with Gasteiger partial charge in [-0.25, -0.2) is 5.01 Å². The molecule has 0 saturated heterocycles. The van der Waals surface area contributed by atoms with Gasteiger partial charge in [0.25, 0.3) is 0 Å². The third-order valence-corrected chi connectivity index (χ3v) is 4.03. The number of ether oxygens (including phenoxy) is 2. The van der Waals surface area contributed by atoms with Crippen molar-refractivity contribution in [3.63, 3.8) is 0 Å². The fraction of sp³-hybridized carbons (Fsp3) is 0.500. The van der Waals surface area contributed by atoms with Gasteiger partial charge in [-0.15, -0.1) is 0 Å². The molecule has 0 unspecified atom stereocenters. The fourth-order valence-electron chi connectivity index (χ4n) is 2.48. The number of amides is 2. The van der Waals surface area contributed by atoms with E-state index < -0.39 is 6.29 Å². The normalized spacial score (nSPS) is 14.6. The van der Waals surface area contributed by atoms with Gasteiger partial charge >= 0.3 is 0 Å². The molecule has 136 valence electrons. The second-order valence-corrected chi connectivity index (χ2v) is 5.88. The van der Waals surface area contributed by atoms with Gasteiger partial charge < -0.3 is 14.8 Å². The Morgan fingerprint density at radius 2 is 1.92 bits per heavy atom. The summed E-state index contributed by atoms with van der Waals surface area (Å²) in [5.74, 6) is -0.236. The molecule has 0 fully saturated rings. The molecule has 7 nitrogen and oxygen atoms in total. The summed E-state index contributed by atoms with van der Waals surface area (Å²) in [6, 6.07) is 8.05. The Morgan fingerprint density at radius 1 is 1.24 bits per heavy atom. The van der Waals surface area contributed by atoms with E-state index in [1.807, 2.05) is 31.2 Å². The molecule has 25 heavy (non-hydrogen) atoms. The summed E-state index contributed by atoms with van der Waals surface area (Å²) >= 11 is 0. The van der Waals surface area contributed by atoms with E-state index in [1.165, 1.54) is 24.8 Å². The van der Waals surface area contributed by atoms with Crippen LogP contribution in [0.3, 0.4) is 0 Å². The van der Waals surface area contributed by atoms with Gasteiger partial charge in [0.1, 0.15) is 0 Å². The van der Waals surface area contributed by atoms with Gasteiger partial charge in [0.2, 0.25) is 11.8 Å².